The summed E-state index contributed by atoms with van der Waals surface area (Å²) < 4.78 is 1.53. The first kappa shape index (κ1) is 21.8. The monoisotopic (exact) mass is 484 g/mol. The zero-order valence-electron chi connectivity index (χ0n) is 19.0. The molecule has 1 aromatic heterocycles. The molecule has 0 bridgehead atoms. The van der Waals surface area contributed by atoms with Crippen molar-refractivity contribution < 1.29 is 24.0 Å². The lowest BCUT2D eigenvalue weighted by Crippen LogP contribution is -2.52. The van der Waals surface area contributed by atoms with Crippen molar-refractivity contribution >= 4 is 29.5 Å². The molecular formula is C25H20N6O5. The van der Waals surface area contributed by atoms with Gasteiger partial charge in [-0.15, -0.1) is 5.10 Å². The topological polar surface area (TPSA) is 135 Å². The molecule has 1 unspecified atom stereocenters. The molecule has 1 N–H and O–H groups in total. The number of hydrogen-bond acceptors (Lipinski definition) is 7. The van der Waals surface area contributed by atoms with E-state index in [1.165, 1.54) is 14.5 Å². The number of piperidine rings is 1. The number of imide groups is 2. The number of nitrogens with one attached hydrogen (secondary N) is 1. The maximum absolute atomic E-state index is 13.1. The van der Waals surface area contributed by atoms with E-state index in [1.54, 1.807) is 36.5 Å². The Kier molecular flexibility index (Phi) is 4.99. The Hall–Kier alpha value is -4.67. The molecule has 11 heteroatoms. The van der Waals surface area contributed by atoms with Gasteiger partial charge in [-0.25, -0.2) is 4.68 Å². The zero-order chi connectivity index (χ0) is 25.0. The molecule has 0 aliphatic carbocycles. The third kappa shape index (κ3) is 3.47. The molecule has 3 aromatic rings. The average Bonchev–Trinajstić information content (AvgIpc) is 3.54. The third-order valence-corrected chi connectivity index (χ3v) is 6.79. The fourth-order valence-corrected chi connectivity index (χ4v) is 4.89. The first-order valence-corrected chi connectivity index (χ1v) is 11.5. The van der Waals surface area contributed by atoms with E-state index in [1.807, 2.05) is 12.1 Å². The maximum Gasteiger partial charge on any atom is 0.261 e. The van der Waals surface area contributed by atoms with Gasteiger partial charge in [0, 0.05) is 31.5 Å². The average molecular weight is 484 g/mol. The third-order valence-electron chi connectivity index (χ3n) is 6.79. The summed E-state index contributed by atoms with van der Waals surface area (Å²) in [5, 5.41) is 10.6. The van der Waals surface area contributed by atoms with Crippen LogP contribution in [0, 0.1) is 0 Å². The Bertz CT molecular complexity index is 1440. The van der Waals surface area contributed by atoms with Crippen molar-refractivity contribution in [3.8, 4) is 5.69 Å². The summed E-state index contributed by atoms with van der Waals surface area (Å²) in [6, 6.07) is 11.4. The van der Waals surface area contributed by atoms with Crippen LogP contribution in [0.15, 0.2) is 48.7 Å². The zero-order valence-corrected chi connectivity index (χ0v) is 19.0. The number of carbonyl (C=O) groups excluding carboxylic acids is 5. The van der Waals surface area contributed by atoms with Gasteiger partial charge in [0.2, 0.25) is 11.8 Å². The largest absolute Gasteiger partial charge is 0.322 e. The van der Waals surface area contributed by atoms with Gasteiger partial charge >= 0.3 is 0 Å². The molecule has 4 heterocycles. The fraction of sp³-hybridized carbons (Fsp3) is 0.240. The van der Waals surface area contributed by atoms with Crippen LogP contribution in [0.25, 0.3) is 5.69 Å². The second-order valence-corrected chi connectivity index (χ2v) is 8.95. The number of hydrogen-bond donors (Lipinski definition) is 1. The van der Waals surface area contributed by atoms with E-state index in [2.05, 4.69) is 15.6 Å². The van der Waals surface area contributed by atoms with Crippen molar-refractivity contribution in [2.45, 2.75) is 31.8 Å². The van der Waals surface area contributed by atoms with Crippen molar-refractivity contribution in [1.29, 1.82) is 0 Å². The number of fused-ring (bicyclic) bond motifs is 2. The number of aromatic nitrogens is 3. The lowest BCUT2D eigenvalue weighted by molar-refractivity contribution is -0.136. The highest BCUT2D eigenvalue weighted by Gasteiger charge is 2.39. The summed E-state index contributed by atoms with van der Waals surface area (Å²) in [6.45, 7) is 0.470. The summed E-state index contributed by atoms with van der Waals surface area (Å²) in [7, 11) is 0. The molecule has 3 aliphatic rings. The van der Waals surface area contributed by atoms with Crippen LogP contribution in [0.4, 0.5) is 0 Å². The Labute approximate surface area is 204 Å². The first-order valence-electron chi connectivity index (χ1n) is 11.5. The molecule has 2 aromatic carbocycles. The van der Waals surface area contributed by atoms with Gasteiger partial charge in [0.05, 0.1) is 28.7 Å². The SMILES string of the molecule is O=C1CCC(N2Cc3ccc(-n4cc(CCN5C(=O)c6ccccc6C5=O)nn4)cc3C2=O)C(=O)N1. The van der Waals surface area contributed by atoms with E-state index in [9.17, 15) is 24.0 Å². The molecule has 0 saturated carbocycles. The Morgan fingerprint density at radius 1 is 0.917 bits per heavy atom. The van der Waals surface area contributed by atoms with Crippen LogP contribution >= 0.6 is 0 Å². The van der Waals surface area contributed by atoms with Gasteiger partial charge in [-0.05, 0) is 36.2 Å². The maximum atomic E-state index is 13.1. The van der Waals surface area contributed by atoms with Crippen molar-refractivity contribution in [1.82, 2.24) is 30.1 Å². The Morgan fingerprint density at radius 2 is 1.67 bits per heavy atom. The molecule has 1 saturated heterocycles. The molecule has 6 rings (SSSR count). The standard InChI is InChI=1S/C25H20N6O5/c32-21-8-7-20(22(33)26-21)30-12-14-5-6-16(11-19(14)25(30)36)31-13-15(27-28-31)9-10-29-23(34)17-3-1-2-4-18(17)24(29)35/h1-6,11,13,20H,7-10,12H2,(H,26,32,33). The highest BCUT2D eigenvalue weighted by molar-refractivity contribution is 6.21. The smallest absolute Gasteiger partial charge is 0.261 e. The predicted molar refractivity (Wildman–Crippen MR) is 123 cm³/mol. The van der Waals surface area contributed by atoms with Gasteiger partial charge in [0.25, 0.3) is 17.7 Å². The van der Waals surface area contributed by atoms with Crippen molar-refractivity contribution in [2.75, 3.05) is 6.54 Å². The van der Waals surface area contributed by atoms with Crippen LogP contribution in [0.2, 0.25) is 0 Å². The molecule has 36 heavy (non-hydrogen) atoms. The fourth-order valence-electron chi connectivity index (χ4n) is 4.89. The highest BCUT2D eigenvalue weighted by Crippen LogP contribution is 2.29. The van der Waals surface area contributed by atoms with Crippen LogP contribution in [0.5, 0.6) is 0 Å². The Balaban J connectivity index is 1.15. The van der Waals surface area contributed by atoms with Gasteiger partial charge in [0.15, 0.2) is 0 Å². The number of rotatable bonds is 5. The Morgan fingerprint density at radius 3 is 2.39 bits per heavy atom. The van der Waals surface area contributed by atoms with Crippen molar-refractivity contribution in [2.24, 2.45) is 0 Å². The van der Waals surface area contributed by atoms with E-state index >= 15 is 0 Å². The predicted octanol–water partition coefficient (Wildman–Crippen LogP) is 0.867. The van der Waals surface area contributed by atoms with Crippen molar-refractivity contribution in [3.63, 3.8) is 0 Å². The summed E-state index contributed by atoms with van der Waals surface area (Å²) in [4.78, 5) is 64.6. The van der Waals surface area contributed by atoms with Gasteiger partial charge in [0.1, 0.15) is 6.04 Å². The molecule has 1 fully saturated rings. The lowest BCUT2D eigenvalue weighted by atomic mass is 10.0. The van der Waals surface area contributed by atoms with Gasteiger partial charge in [-0.2, -0.15) is 0 Å². The summed E-state index contributed by atoms with van der Waals surface area (Å²) in [6.07, 6.45) is 2.52. The van der Waals surface area contributed by atoms with Crippen LogP contribution in [-0.4, -0.2) is 66.9 Å². The molecule has 3 aliphatic heterocycles. The molecule has 5 amide bonds. The minimum Gasteiger partial charge on any atom is -0.322 e. The minimum absolute atomic E-state index is 0.175. The van der Waals surface area contributed by atoms with Crippen molar-refractivity contribution in [3.05, 3.63) is 76.6 Å². The number of nitrogens with zero attached hydrogens (tertiary/aromatic N) is 5. The minimum atomic E-state index is -0.675. The van der Waals surface area contributed by atoms with E-state index < -0.39 is 11.9 Å². The van der Waals surface area contributed by atoms with Gasteiger partial charge in [-0.3, -0.25) is 34.2 Å². The van der Waals surface area contributed by atoms with E-state index in [-0.39, 0.29) is 36.6 Å². The van der Waals surface area contributed by atoms with Crippen LogP contribution < -0.4 is 5.32 Å². The van der Waals surface area contributed by atoms with E-state index in [4.69, 9.17) is 0 Å². The number of carbonyl (C=O) groups is 5. The molecule has 11 nitrogen and oxygen atoms in total. The summed E-state index contributed by atoms with van der Waals surface area (Å²) in [5.74, 6) is -1.69. The summed E-state index contributed by atoms with van der Waals surface area (Å²) in [5.41, 5.74) is 3.27. The first-order chi connectivity index (χ1) is 17.4. The second-order valence-electron chi connectivity index (χ2n) is 8.95. The van der Waals surface area contributed by atoms with E-state index in [0.29, 0.717) is 47.5 Å². The van der Waals surface area contributed by atoms with Gasteiger partial charge < -0.3 is 4.90 Å². The lowest BCUT2D eigenvalue weighted by Gasteiger charge is -2.29. The van der Waals surface area contributed by atoms with E-state index in [0.717, 1.165) is 5.56 Å². The summed E-state index contributed by atoms with van der Waals surface area (Å²) >= 11 is 0. The highest BCUT2D eigenvalue weighted by atomic mass is 16.2. The number of benzene rings is 2. The molecule has 180 valence electrons. The molecular weight excluding hydrogens is 464 g/mol. The second kappa shape index (κ2) is 8.22. The molecule has 0 radical (unpaired) electrons. The van der Waals surface area contributed by atoms with Crippen LogP contribution in [-0.2, 0) is 22.6 Å². The number of amides is 5. The molecule has 0 spiro atoms. The molecule has 1 atom stereocenters. The van der Waals surface area contributed by atoms with Gasteiger partial charge in [-0.1, -0.05) is 23.4 Å². The van der Waals surface area contributed by atoms with Crippen LogP contribution in [0.1, 0.15) is 55.2 Å². The quantitative estimate of drug-likeness (QED) is 0.531. The van der Waals surface area contributed by atoms with Crippen LogP contribution in [0.3, 0.4) is 0 Å². The normalized spacial score (nSPS) is 19.1.